The number of nitrogens with zero attached hydrogens (tertiary/aromatic N) is 1. The molecule has 2 saturated heterocycles. The molecule has 230 valence electrons. The van der Waals surface area contributed by atoms with Crippen LogP contribution in [0.4, 0.5) is 4.79 Å². The van der Waals surface area contributed by atoms with Crippen molar-refractivity contribution in [3.05, 3.63) is 0 Å². The summed E-state index contributed by atoms with van der Waals surface area (Å²) in [6.07, 6.45) is -6.36. The summed E-state index contributed by atoms with van der Waals surface area (Å²) in [6, 6.07) is -3.27. The molecule has 3 heterocycles. The van der Waals surface area contributed by atoms with Crippen LogP contribution in [0.1, 0.15) is 19.3 Å². The molecular formula is C19H36N8O12S. The molecule has 0 aromatic rings. The summed E-state index contributed by atoms with van der Waals surface area (Å²) in [5, 5.41) is 41.7. The molecule has 3 aliphatic heterocycles. The van der Waals surface area contributed by atoms with E-state index in [1.54, 1.807) is 0 Å². The lowest BCUT2D eigenvalue weighted by atomic mass is 9.95. The van der Waals surface area contributed by atoms with Crippen LogP contribution in [0.2, 0.25) is 0 Å². The van der Waals surface area contributed by atoms with E-state index in [0.717, 1.165) is 0 Å². The number of primary amides is 1. The molecular weight excluding hydrogens is 564 g/mol. The molecule has 0 spiro atoms. The van der Waals surface area contributed by atoms with Crippen molar-refractivity contribution in [1.29, 1.82) is 0 Å². The fourth-order valence-electron chi connectivity index (χ4n) is 4.30. The number of piperidine rings is 1. The number of carbonyl (C=O) groups is 3. The van der Waals surface area contributed by atoms with Crippen LogP contribution < -0.4 is 38.5 Å². The number of guanidine groups is 1. The monoisotopic (exact) mass is 600 g/mol. The first-order chi connectivity index (χ1) is 18.6. The van der Waals surface area contributed by atoms with E-state index in [0.29, 0.717) is 19.4 Å². The van der Waals surface area contributed by atoms with Crippen LogP contribution in [0, 0.1) is 0 Å². The SMILES string of the molecule is NCCCC(N)CC(=O)NC1C(NC2=NC3C(=O)NCC(O)C3N2)OC(CO)C(OC(N)=O)C1O.O=S(=O)(O)O. The lowest BCUT2D eigenvalue weighted by molar-refractivity contribution is -0.198. The summed E-state index contributed by atoms with van der Waals surface area (Å²) in [6.45, 7) is -0.171. The van der Waals surface area contributed by atoms with E-state index in [9.17, 15) is 29.7 Å². The number of nitrogens with one attached hydrogen (secondary N) is 4. The fraction of sp³-hybridized carbons (Fsp3) is 0.789. The smallest absolute Gasteiger partial charge is 0.404 e. The van der Waals surface area contributed by atoms with Crippen LogP contribution in [-0.2, 0) is 29.5 Å². The summed E-state index contributed by atoms with van der Waals surface area (Å²) >= 11 is 0. The van der Waals surface area contributed by atoms with E-state index in [-0.39, 0.29) is 24.8 Å². The molecule has 0 aromatic carbocycles. The van der Waals surface area contributed by atoms with Gasteiger partial charge in [0.1, 0.15) is 18.2 Å². The first kappa shape index (κ1) is 33.3. The zero-order valence-corrected chi connectivity index (χ0v) is 21.9. The second kappa shape index (κ2) is 14.7. The maximum absolute atomic E-state index is 12.7. The third kappa shape index (κ3) is 9.94. The molecule has 3 rings (SSSR count). The molecule has 20 nitrogen and oxygen atoms in total. The minimum atomic E-state index is -4.67. The minimum Gasteiger partial charge on any atom is -0.441 e. The molecule has 9 unspecified atom stereocenters. The predicted molar refractivity (Wildman–Crippen MR) is 133 cm³/mol. The number of rotatable bonds is 9. The van der Waals surface area contributed by atoms with Crippen LogP contribution in [0.25, 0.3) is 0 Å². The number of hydrogen-bond acceptors (Lipinski definition) is 15. The molecule has 3 aliphatic rings. The van der Waals surface area contributed by atoms with Gasteiger partial charge in [0.15, 0.2) is 24.3 Å². The molecule has 0 aliphatic carbocycles. The molecule has 3 amide bonds. The highest BCUT2D eigenvalue weighted by molar-refractivity contribution is 7.79. The maximum atomic E-state index is 12.7. The fourth-order valence-corrected chi connectivity index (χ4v) is 4.30. The van der Waals surface area contributed by atoms with E-state index in [1.807, 2.05) is 0 Å². The molecule has 15 N–H and O–H groups in total. The highest BCUT2D eigenvalue weighted by Crippen LogP contribution is 2.24. The number of aliphatic hydroxyl groups excluding tert-OH is 3. The van der Waals surface area contributed by atoms with Gasteiger partial charge in [-0.3, -0.25) is 18.7 Å². The van der Waals surface area contributed by atoms with Gasteiger partial charge >= 0.3 is 16.5 Å². The highest BCUT2D eigenvalue weighted by Gasteiger charge is 2.49. The number of hydrogen-bond donors (Lipinski definition) is 12. The van der Waals surface area contributed by atoms with Gasteiger partial charge in [0, 0.05) is 19.0 Å². The Kier molecular flexibility index (Phi) is 12.2. The topological polar surface area (TPSA) is 344 Å². The van der Waals surface area contributed by atoms with Gasteiger partial charge in [-0.25, -0.2) is 9.79 Å². The standard InChI is InChI=1S/C19H34N8O8.H2O4S/c20-3-1-2-7(21)4-10(30)24-13-14(31)15(35-18(22)33)9(6-28)34-17(13)27-19-25-11-8(29)5-23-16(32)12(11)26-19;1-5(2,3)4/h7-9,11-15,17,28-29,31H,1-6,20-21H2,(H2,22,33)(H,23,32)(H,24,30)(H2,25,26,27);(H2,1,2,3,4). The maximum Gasteiger partial charge on any atom is 0.404 e. The van der Waals surface area contributed by atoms with Crippen LogP contribution in [0.5, 0.6) is 0 Å². The van der Waals surface area contributed by atoms with Gasteiger partial charge in [0.2, 0.25) is 11.8 Å². The van der Waals surface area contributed by atoms with Crippen molar-refractivity contribution in [3.63, 3.8) is 0 Å². The van der Waals surface area contributed by atoms with E-state index < -0.39 is 83.8 Å². The Balaban J connectivity index is 0.00000103. The van der Waals surface area contributed by atoms with Crippen LogP contribution in [0.3, 0.4) is 0 Å². The normalized spacial score (nSPS) is 32.2. The minimum absolute atomic E-state index is 0.0518. The Morgan fingerprint density at radius 1 is 1.27 bits per heavy atom. The van der Waals surface area contributed by atoms with Crippen LogP contribution in [-0.4, -0.2) is 131 Å². The van der Waals surface area contributed by atoms with Crippen molar-refractivity contribution in [1.82, 2.24) is 21.3 Å². The zero-order chi connectivity index (χ0) is 30.2. The number of aliphatic imine (C=N–C) groups is 1. The number of nitrogens with two attached hydrogens (primary N) is 3. The number of carbonyl (C=O) groups excluding carboxylic acids is 3. The largest absolute Gasteiger partial charge is 0.441 e. The first-order valence-electron chi connectivity index (χ1n) is 12.1. The molecule has 0 saturated carbocycles. The molecule has 0 radical (unpaired) electrons. The predicted octanol–water partition coefficient (Wildman–Crippen LogP) is -6.41. The number of ether oxygens (including phenoxy) is 2. The van der Waals surface area contributed by atoms with Gasteiger partial charge in [-0.05, 0) is 19.4 Å². The Hall–Kier alpha value is -2.89. The average molecular weight is 601 g/mol. The van der Waals surface area contributed by atoms with Gasteiger partial charge in [-0.15, -0.1) is 0 Å². The first-order valence-corrected chi connectivity index (χ1v) is 13.5. The molecule has 0 bridgehead atoms. The highest BCUT2D eigenvalue weighted by atomic mass is 32.3. The Labute approximate surface area is 228 Å². The summed E-state index contributed by atoms with van der Waals surface area (Å²) in [5.74, 6) is -0.828. The van der Waals surface area contributed by atoms with Crippen molar-refractivity contribution in [2.75, 3.05) is 19.7 Å². The second-order valence-electron chi connectivity index (χ2n) is 9.16. The summed E-state index contributed by atoms with van der Waals surface area (Å²) in [7, 11) is -4.67. The number of β-amino-alcohol motifs (C(OH)–C–C–N with tert-alkyl or cyclic N) is 1. The lowest BCUT2D eigenvalue weighted by Gasteiger charge is -2.44. The van der Waals surface area contributed by atoms with E-state index in [2.05, 4.69) is 26.3 Å². The van der Waals surface area contributed by atoms with Gasteiger partial charge in [-0.1, -0.05) is 0 Å². The van der Waals surface area contributed by atoms with Crippen molar-refractivity contribution in [2.45, 2.75) is 74.1 Å². The molecule has 40 heavy (non-hydrogen) atoms. The quantitative estimate of drug-likeness (QED) is 0.109. The number of amides is 3. The molecule has 21 heteroatoms. The summed E-state index contributed by atoms with van der Waals surface area (Å²) in [4.78, 5) is 40.3. The third-order valence-corrected chi connectivity index (χ3v) is 6.06. The zero-order valence-electron chi connectivity index (χ0n) is 21.1. The van der Waals surface area contributed by atoms with Gasteiger partial charge in [0.25, 0.3) is 0 Å². The van der Waals surface area contributed by atoms with Crippen molar-refractivity contribution >= 4 is 34.3 Å². The average Bonchev–Trinajstić information content (AvgIpc) is 3.28. The Morgan fingerprint density at radius 2 is 1.93 bits per heavy atom. The van der Waals surface area contributed by atoms with Gasteiger partial charge in [0.05, 0.1) is 18.8 Å². The van der Waals surface area contributed by atoms with Crippen LogP contribution in [0.15, 0.2) is 4.99 Å². The van der Waals surface area contributed by atoms with Gasteiger partial charge in [-0.2, -0.15) is 8.42 Å². The van der Waals surface area contributed by atoms with E-state index in [1.165, 1.54) is 0 Å². The van der Waals surface area contributed by atoms with Crippen LogP contribution >= 0.6 is 0 Å². The Bertz CT molecular complexity index is 1020. The Morgan fingerprint density at radius 3 is 2.48 bits per heavy atom. The third-order valence-electron chi connectivity index (χ3n) is 6.06. The number of aliphatic hydroxyl groups is 3. The molecule has 0 aromatic heterocycles. The van der Waals surface area contributed by atoms with Crippen molar-refractivity contribution < 1.29 is 56.7 Å². The second-order valence-corrected chi connectivity index (χ2v) is 10.1. The van der Waals surface area contributed by atoms with Crippen molar-refractivity contribution in [2.24, 2.45) is 22.2 Å². The van der Waals surface area contributed by atoms with Gasteiger partial charge < -0.3 is 63.3 Å². The summed E-state index contributed by atoms with van der Waals surface area (Å²) < 4.78 is 42.3. The van der Waals surface area contributed by atoms with Crippen molar-refractivity contribution in [3.8, 4) is 0 Å². The van der Waals surface area contributed by atoms with E-state index >= 15 is 0 Å². The molecule has 2 fully saturated rings. The summed E-state index contributed by atoms with van der Waals surface area (Å²) in [5.41, 5.74) is 16.5. The lowest BCUT2D eigenvalue weighted by Crippen LogP contribution is -2.70. The van der Waals surface area contributed by atoms with E-state index in [4.69, 9.17) is 44.2 Å². The molecule has 9 atom stereocenters. The number of fused-ring (bicyclic) bond motifs is 1.